The number of carbonyl (C=O) groups excluding carboxylic acids is 1. The van der Waals surface area contributed by atoms with Crippen molar-refractivity contribution >= 4 is 34.8 Å². The second-order valence-corrected chi connectivity index (χ2v) is 6.24. The second-order valence-electron chi connectivity index (χ2n) is 5.37. The van der Waals surface area contributed by atoms with Crippen molar-refractivity contribution in [2.45, 2.75) is 6.10 Å². The first-order valence-electron chi connectivity index (χ1n) is 7.06. The van der Waals surface area contributed by atoms with Crippen LogP contribution in [-0.2, 0) is 0 Å². The summed E-state index contributed by atoms with van der Waals surface area (Å²) in [6, 6.07) is 12.1. The van der Waals surface area contributed by atoms with Crippen LogP contribution >= 0.6 is 23.2 Å². The molecule has 0 radical (unpaired) electrons. The Bertz CT molecular complexity index is 667. The number of hydrogen-bond acceptors (Lipinski definition) is 3. The van der Waals surface area contributed by atoms with Gasteiger partial charge in [0, 0.05) is 41.9 Å². The molecule has 0 aromatic heterocycles. The first-order chi connectivity index (χ1) is 10.9. The van der Waals surface area contributed by atoms with Crippen molar-refractivity contribution in [1.82, 2.24) is 5.32 Å². The van der Waals surface area contributed by atoms with Crippen molar-refractivity contribution in [1.29, 1.82) is 0 Å². The number of rotatable bonds is 5. The average Bonchev–Trinajstić information content (AvgIpc) is 2.51. The van der Waals surface area contributed by atoms with Gasteiger partial charge in [-0.1, -0.05) is 35.3 Å². The van der Waals surface area contributed by atoms with E-state index >= 15 is 0 Å². The maximum atomic E-state index is 12.1. The van der Waals surface area contributed by atoms with Crippen LogP contribution in [0, 0.1) is 0 Å². The Morgan fingerprint density at radius 1 is 1.13 bits per heavy atom. The molecule has 23 heavy (non-hydrogen) atoms. The highest BCUT2D eigenvalue weighted by Gasteiger charge is 2.12. The topological polar surface area (TPSA) is 52.6 Å². The lowest BCUT2D eigenvalue weighted by atomic mass is 10.1. The number of benzene rings is 2. The molecule has 122 valence electrons. The zero-order chi connectivity index (χ0) is 17.0. The predicted molar refractivity (Wildman–Crippen MR) is 94.5 cm³/mol. The van der Waals surface area contributed by atoms with Crippen LogP contribution in [-0.4, -0.2) is 31.7 Å². The second kappa shape index (κ2) is 7.68. The van der Waals surface area contributed by atoms with E-state index in [1.807, 2.05) is 43.3 Å². The number of nitrogens with zero attached hydrogens (tertiary/aromatic N) is 1. The van der Waals surface area contributed by atoms with Crippen molar-refractivity contribution < 1.29 is 9.90 Å². The van der Waals surface area contributed by atoms with Crippen LogP contribution in [0.5, 0.6) is 0 Å². The molecule has 0 heterocycles. The van der Waals surface area contributed by atoms with E-state index in [1.54, 1.807) is 6.07 Å². The first kappa shape index (κ1) is 17.6. The van der Waals surface area contributed by atoms with Crippen molar-refractivity contribution in [2.75, 3.05) is 25.5 Å². The Hall–Kier alpha value is -1.75. The highest BCUT2D eigenvalue weighted by atomic mass is 35.5. The van der Waals surface area contributed by atoms with Gasteiger partial charge in [-0.25, -0.2) is 0 Å². The standard InChI is InChI=1S/C17H18Cl2N2O2/c1-21(2)15-5-3-11(4-6-15)16(22)10-20-17(23)12-7-13(18)9-14(19)8-12/h3-9,16,22H,10H2,1-2H3,(H,20,23). The molecule has 2 aromatic carbocycles. The van der Waals surface area contributed by atoms with Crippen molar-refractivity contribution in [3.05, 3.63) is 63.6 Å². The molecular formula is C17H18Cl2N2O2. The van der Waals surface area contributed by atoms with E-state index in [2.05, 4.69) is 5.32 Å². The number of amides is 1. The Labute approximate surface area is 145 Å². The number of anilines is 1. The molecule has 0 saturated carbocycles. The molecule has 2 rings (SSSR count). The molecule has 0 aliphatic heterocycles. The van der Waals surface area contributed by atoms with Crippen molar-refractivity contribution in [3.63, 3.8) is 0 Å². The molecule has 0 aliphatic carbocycles. The van der Waals surface area contributed by atoms with E-state index in [0.29, 0.717) is 15.6 Å². The summed E-state index contributed by atoms with van der Waals surface area (Å²) < 4.78 is 0. The lowest BCUT2D eigenvalue weighted by Gasteiger charge is -2.16. The fourth-order valence-corrected chi connectivity index (χ4v) is 2.61. The van der Waals surface area contributed by atoms with Gasteiger partial charge in [0.1, 0.15) is 0 Å². The monoisotopic (exact) mass is 352 g/mol. The molecule has 0 saturated heterocycles. The summed E-state index contributed by atoms with van der Waals surface area (Å²) >= 11 is 11.8. The molecule has 1 unspecified atom stereocenters. The molecule has 1 atom stereocenters. The van der Waals surface area contributed by atoms with Crippen LogP contribution in [0.15, 0.2) is 42.5 Å². The van der Waals surface area contributed by atoms with E-state index < -0.39 is 6.10 Å². The van der Waals surface area contributed by atoms with Crippen LogP contribution < -0.4 is 10.2 Å². The average molecular weight is 353 g/mol. The summed E-state index contributed by atoms with van der Waals surface area (Å²) in [6.07, 6.45) is -0.787. The Balaban J connectivity index is 1.97. The zero-order valence-corrected chi connectivity index (χ0v) is 14.4. The third kappa shape index (κ3) is 4.86. The molecule has 0 aliphatic rings. The van der Waals surface area contributed by atoms with Gasteiger partial charge in [-0.3, -0.25) is 4.79 Å². The summed E-state index contributed by atoms with van der Waals surface area (Å²) in [5, 5.41) is 13.6. The van der Waals surface area contributed by atoms with Gasteiger partial charge in [0.05, 0.1) is 6.10 Å². The quantitative estimate of drug-likeness (QED) is 0.865. The first-order valence-corrected chi connectivity index (χ1v) is 7.82. The smallest absolute Gasteiger partial charge is 0.251 e. The van der Waals surface area contributed by atoms with Crippen molar-refractivity contribution in [2.24, 2.45) is 0 Å². The van der Waals surface area contributed by atoms with Crippen molar-refractivity contribution in [3.8, 4) is 0 Å². The van der Waals surface area contributed by atoms with Gasteiger partial charge in [-0.05, 0) is 35.9 Å². The minimum Gasteiger partial charge on any atom is -0.387 e. The summed E-state index contributed by atoms with van der Waals surface area (Å²) in [5.41, 5.74) is 2.14. The SMILES string of the molecule is CN(C)c1ccc(C(O)CNC(=O)c2cc(Cl)cc(Cl)c2)cc1. The lowest BCUT2D eigenvalue weighted by molar-refractivity contribution is 0.0916. The minimum absolute atomic E-state index is 0.101. The van der Waals surface area contributed by atoms with E-state index in [9.17, 15) is 9.90 Å². The molecule has 6 heteroatoms. The highest BCUT2D eigenvalue weighted by molar-refractivity contribution is 6.35. The van der Waals surface area contributed by atoms with Gasteiger partial charge >= 0.3 is 0 Å². The molecule has 1 amide bonds. The fraction of sp³-hybridized carbons (Fsp3) is 0.235. The maximum absolute atomic E-state index is 12.1. The Morgan fingerprint density at radius 3 is 2.22 bits per heavy atom. The molecule has 0 fully saturated rings. The zero-order valence-electron chi connectivity index (χ0n) is 12.9. The Morgan fingerprint density at radius 2 is 1.70 bits per heavy atom. The molecular weight excluding hydrogens is 335 g/mol. The van der Waals surface area contributed by atoms with Gasteiger partial charge in [0.25, 0.3) is 5.91 Å². The fourth-order valence-electron chi connectivity index (χ4n) is 2.09. The van der Waals surface area contributed by atoms with Crippen LogP contribution in [0.25, 0.3) is 0 Å². The van der Waals surface area contributed by atoms with Crippen LogP contribution in [0.3, 0.4) is 0 Å². The van der Waals surface area contributed by atoms with Gasteiger partial charge in [-0.2, -0.15) is 0 Å². The van der Waals surface area contributed by atoms with Crippen LogP contribution in [0.2, 0.25) is 10.0 Å². The molecule has 0 spiro atoms. The summed E-state index contributed by atoms with van der Waals surface area (Å²) in [6.45, 7) is 0.101. The molecule has 2 N–H and O–H groups in total. The minimum atomic E-state index is -0.787. The number of aliphatic hydroxyl groups excluding tert-OH is 1. The summed E-state index contributed by atoms with van der Waals surface area (Å²) in [4.78, 5) is 14.1. The normalized spacial score (nSPS) is 11.9. The van der Waals surface area contributed by atoms with E-state index in [-0.39, 0.29) is 12.5 Å². The lowest BCUT2D eigenvalue weighted by Crippen LogP contribution is -2.28. The molecule has 4 nitrogen and oxygen atoms in total. The predicted octanol–water partition coefficient (Wildman–Crippen LogP) is 3.52. The number of hydrogen-bond donors (Lipinski definition) is 2. The third-order valence-corrected chi connectivity index (χ3v) is 3.81. The summed E-state index contributed by atoms with van der Waals surface area (Å²) in [7, 11) is 3.89. The summed E-state index contributed by atoms with van der Waals surface area (Å²) in [5.74, 6) is -0.335. The van der Waals surface area contributed by atoms with Gasteiger partial charge < -0.3 is 15.3 Å². The number of aliphatic hydroxyl groups is 1. The van der Waals surface area contributed by atoms with Gasteiger partial charge in [0.2, 0.25) is 0 Å². The van der Waals surface area contributed by atoms with Crippen LogP contribution in [0.4, 0.5) is 5.69 Å². The molecule has 2 aromatic rings. The molecule has 0 bridgehead atoms. The number of halogens is 2. The van der Waals surface area contributed by atoms with E-state index in [0.717, 1.165) is 11.3 Å². The van der Waals surface area contributed by atoms with Gasteiger partial charge in [0.15, 0.2) is 0 Å². The van der Waals surface area contributed by atoms with E-state index in [1.165, 1.54) is 12.1 Å². The van der Waals surface area contributed by atoms with E-state index in [4.69, 9.17) is 23.2 Å². The Kier molecular flexibility index (Phi) is 5.88. The number of carbonyl (C=O) groups is 1. The van der Waals surface area contributed by atoms with Gasteiger partial charge in [-0.15, -0.1) is 0 Å². The third-order valence-electron chi connectivity index (χ3n) is 3.37. The maximum Gasteiger partial charge on any atom is 0.251 e. The van der Waals surface area contributed by atoms with Crippen LogP contribution in [0.1, 0.15) is 22.0 Å². The largest absolute Gasteiger partial charge is 0.387 e. The number of nitrogens with one attached hydrogen (secondary N) is 1. The highest BCUT2D eigenvalue weighted by Crippen LogP contribution is 2.20.